The molecular formula is C30H48N2O3Si. The monoisotopic (exact) mass is 512 g/mol. The Hall–Kier alpha value is -2.34. The largest absolute Gasteiger partial charge is 0.469 e. The summed E-state index contributed by atoms with van der Waals surface area (Å²) >= 11 is 0. The van der Waals surface area contributed by atoms with Crippen molar-refractivity contribution in [2.75, 3.05) is 26.2 Å². The van der Waals surface area contributed by atoms with Crippen molar-refractivity contribution in [3.8, 4) is 0 Å². The molecule has 0 N–H and O–H groups in total. The SMILES string of the molecule is CCCCCCCC(c1ccco1)[Si](C)(C)c1cc(C(=O)N(CC)CC)ccc1C(=O)N(CC)CC. The number of carbonyl (C=O) groups is 2. The number of hydrogen-bond donors (Lipinski definition) is 0. The highest BCUT2D eigenvalue weighted by molar-refractivity contribution is 6.91. The molecule has 1 atom stereocenters. The van der Waals surface area contributed by atoms with Crippen molar-refractivity contribution in [1.29, 1.82) is 0 Å². The van der Waals surface area contributed by atoms with E-state index in [-0.39, 0.29) is 17.4 Å². The van der Waals surface area contributed by atoms with Gasteiger partial charge in [-0.25, -0.2) is 0 Å². The van der Waals surface area contributed by atoms with E-state index in [4.69, 9.17) is 4.42 Å². The van der Waals surface area contributed by atoms with Crippen molar-refractivity contribution in [2.24, 2.45) is 0 Å². The maximum absolute atomic E-state index is 13.7. The number of nitrogens with zero attached hydrogens (tertiary/aromatic N) is 2. The van der Waals surface area contributed by atoms with Crippen LogP contribution in [0.15, 0.2) is 41.0 Å². The molecule has 36 heavy (non-hydrogen) atoms. The van der Waals surface area contributed by atoms with E-state index in [1.165, 1.54) is 25.7 Å². The second kappa shape index (κ2) is 14.4. The number of rotatable bonds is 15. The van der Waals surface area contributed by atoms with Crippen LogP contribution in [0.3, 0.4) is 0 Å². The summed E-state index contributed by atoms with van der Waals surface area (Å²) in [7, 11) is -2.31. The Bertz CT molecular complexity index is 947. The van der Waals surface area contributed by atoms with E-state index >= 15 is 0 Å². The summed E-state index contributed by atoms with van der Waals surface area (Å²) < 4.78 is 5.99. The van der Waals surface area contributed by atoms with E-state index in [1.807, 2.05) is 61.8 Å². The van der Waals surface area contributed by atoms with E-state index in [0.717, 1.165) is 29.4 Å². The molecule has 1 aromatic heterocycles. The standard InChI is InChI=1S/C30H48N2O3Si/c1-8-13-14-15-16-19-27(26-18-17-22-35-26)36(6,7)28-23-24(29(33)31(9-2)10-3)20-21-25(28)30(34)32(11-4)12-5/h17-18,20-23,27H,8-16,19H2,1-7H3. The van der Waals surface area contributed by atoms with Gasteiger partial charge in [-0.2, -0.15) is 0 Å². The Labute approximate surface area is 220 Å². The van der Waals surface area contributed by atoms with Crippen LogP contribution in [0.2, 0.25) is 13.1 Å². The van der Waals surface area contributed by atoms with Gasteiger partial charge in [0, 0.05) is 42.8 Å². The topological polar surface area (TPSA) is 53.8 Å². The normalized spacial score (nSPS) is 12.4. The van der Waals surface area contributed by atoms with Gasteiger partial charge in [-0.1, -0.05) is 52.1 Å². The molecule has 2 aromatic rings. The van der Waals surface area contributed by atoms with Crippen LogP contribution >= 0.6 is 0 Å². The highest BCUT2D eigenvalue weighted by Crippen LogP contribution is 2.34. The van der Waals surface area contributed by atoms with Crippen LogP contribution < -0.4 is 5.19 Å². The number of unbranched alkanes of at least 4 members (excludes halogenated alkanes) is 4. The lowest BCUT2D eigenvalue weighted by Crippen LogP contribution is -2.51. The summed E-state index contributed by atoms with van der Waals surface area (Å²) in [5, 5.41) is 1.06. The second-order valence-corrected chi connectivity index (χ2v) is 14.9. The smallest absolute Gasteiger partial charge is 0.253 e. The van der Waals surface area contributed by atoms with Gasteiger partial charge >= 0.3 is 0 Å². The van der Waals surface area contributed by atoms with E-state index in [1.54, 1.807) is 6.26 Å². The zero-order valence-electron chi connectivity index (χ0n) is 23.7. The van der Waals surface area contributed by atoms with Gasteiger partial charge in [0.05, 0.1) is 14.3 Å². The fourth-order valence-corrected chi connectivity index (χ4v) is 8.85. The van der Waals surface area contributed by atoms with Crippen molar-refractivity contribution in [1.82, 2.24) is 9.80 Å². The lowest BCUT2D eigenvalue weighted by atomic mass is 10.1. The third-order valence-electron chi connectivity index (χ3n) is 7.65. The molecule has 1 unspecified atom stereocenters. The van der Waals surface area contributed by atoms with Crippen molar-refractivity contribution in [3.05, 3.63) is 53.5 Å². The summed E-state index contributed by atoms with van der Waals surface area (Å²) in [5.74, 6) is 1.09. The molecule has 0 aliphatic rings. The summed E-state index contributed by atoms with van der Waals surface area (Å²) in [4.78, 5) is 30.7. The van der Waals surface area contributed by atoms with Crippen LogP contribution in [0.5, 0.6) is 0 Å². The fourth-order valence-electron chi connectivity index (χ4n) is 5.26. The van der Waals surface area contributed by atoms with Gasteiger partial charge in [0.15, 0.2) is 0 Å². The van der Waals surface area contributed by atoms with Crippen molar-refractivity contribution < 1.29 is 14.0 Å². The van der Waals surface area contributed by atoms with Crippen LogP contribution in [0.25, 0.3) is 0 Å². The lowest BCUT2D eigenvalue weighted by molar-refractivity contribution is 0.0761. The molecule has 0 saturated heterocycles. The average Bonchev–Trinajstić information content (AvgIpc) is 3.41. The van der Waals surface area contributed by atoms with E-state index < -0.39 is 8.07 Å². The summed E-state index contributed by atoms with van der Waals surface area (Å²) in [6.45, 7) is 17.6. The molecular weight excluding hydrogens is 464 g/mol. The third-order valence-corrected chi connectivity index (χ3v) is 11.8. The maximum atomic E-state index is 13.7. The Morgan fingerprint density at radius 3 is 2.00 bits per heavy atom. The van der Waals surface area contributed by atoms with Crippen LogP contribution in [0, 0.1) is 0 Å². The molecule has 200 valence electrons. The highest BCUT2D eigenvalue weighted by atomic mass is 28.3. The number of hydrogen-bond acceptors (Lipinski definition) is 3. The minimum Gasteiger partial charge on any atom is -0.469 e. The molecule has 0 radical (unpaired) electrons. The van der Waals surface area contributed by atoms with Gasteiger partial charge < -0.3 is 14.2 Å². The minimum atomic E-state index is -2.31. The Kier molecular flexibility index (Phi) is 12.0. The highest BCUT2D eigenvalue weighted by Gasteiger charge is 2.39. The van der Waals surface area contributed by atoms with Crippen molar-refractivity contribution in [3.63, 3.8) is 0 Å². The molecule has 0 bridgehead atoms. The summed E-state index contributed by atoms with van der Waals surface area (Å²) in [6, 6.07) is 9.84. The number of furan rings is 1. The Morgan fingerprint density at radius 1 is 0.833 bits per heavy atom. The molecule has 1 heterocycles. The predicted molar refractivity (Wildman–Crippen MR) is 153 cm³/mol. The van der Waals surface area contributed by atoms with Crippen LogP contribution in [0.1, 0.15) is 105 Å². The van der Waals surface area contributed by atoms with Gasteiger partial charge in [-0.05, 0) is 69.6 Å². The van der Waals surface area contributed by atoms with E-state index in [0.29, 0.717) is 31.7 Å². The van der Waals surface area contributed by atoms with Crippen LogP contribution in [-0.2, 0) is 0 Å². The maximum Gasteiger partial charge on any atom is 0.253 e. The third kappa shape index (κ3) is 7.12. The van der Waals surface area contributed by atoms with E-state index in [2.05, 4.69) is 26.1 Å². The van der Waals surface area contributed by atoms with Gasteiger partial charge in [0.1, 0.15) is 5.76 Å². The predicted octanol–water partition coefficient (Wildman–Crippen LogP) is 6.84. The minimum absolute atomic E-state index is 0.0296. The first-order chi connectivity index (χ1) is 17.3. The summed E-state index contributed by atoms with van der Waals surface area (Å²) in [5.41, 5.74) is 1.65. The van der Waals surface area contributed by atoms with Gasteiger partial charge in [-0.15, -0.1) is 0 Å². The quantitative estimate of drug-likeness (QED) is 0.194. The zero-order chi connectivity index (χ0) is 26.7. The molecule has 0 saturated carbocycles. The zero-order valence-corrected chi connectivity index (χ0v) is 24.7. The number of benzene rings is 1. The van der Waals surface area contributed by atoms with Crippen molar-refractivity contribution in [2.45, 2.75) is 91.8 Å². The number of carbonyl (C=O) groups excluding carboxylic acids is 2. The molecule has 2 rings (SSSR count). The molecule has 6 heteroatoms. The van der Waals surface area contributed by atoms with E-state index in [9.17, 15) is 9.59 Å². The molecule has 1 aromatic carbocycles. The molecule has 0 spiro atoms. The van der Waals surface area contributed by atoms with Gasteiger partial charge in [0.2, 0.25) is 0 Å². The average molecular weight is 513 g/mol. The Balaban J connectivity index is 2.59. The fraction of sp³-hybridized carbons (Fsp3) is 0.600. The molecule has 0 aliphatic carbocycles. The second-order valence-electron chi connectivity index (χ2n) is 10.2. The first-order valence-electron chi connectivity index (χ1n) is 14.0. The molecule has 5 nitrogen and oxygen atoms in total. The molecule has 0 fully saturated rings. The van der Waals surface area contributed by atoms with Crippen LogP contribution in [0.4, 0.5) is 0 Å². The molecule has 0 aliphatic heterocycles. The van der Waals surface area contributed by atoms with Gasteiger partial charge in [0.25, 0.3) is 11.8 Å². The molecule has 2 amide bonds. The Morgan fingerprint density at radius 2 is 1.44 bits per heavy atom. The summed E-state index contributed by atoms with van der Waals surface area (Å²) in [6.07, 6.45) is 8.88. The first-order valence-corrected chi connectivity index (χ1v) is 17.1. The number of amides is 2. The van der Waals surface area contributed by atoms with Crippen molar-refractivity contribution >= 4 is 25.1 Å². The lowest BCUT2D eigenvalue weighted by Gasteiger charge is -2.35. The first kappa shape index (κ1) is 29.9. The van der Waals surface area contributed by atoms with Crippen LogP contribution in [-0.4, -0.2) is 55.9 Å². The van der Waals surface area contributed by atoms with Gasteiger partial charge in [-0.3, -0.25) is 9.59 Å².